The highest BCUT2D eigenvalue weighted by molar-refractivity contribution is 4.89. The molecule has 0 amide bonds. The molecule has 2 fully saturated rings. The molecular formula is C15H28O2. The molecule has 2 rings (SSSR count). The molecule has 2 heteroatoms. The van der Waals surface area contributed by atoms with Gasteiger partial charge in [0, 0.05) is 0 Å². The summed E-state index contributed by atoms with van der Waals surface area (Å²) < 4.78 is 0. The summed E-state index contributed by atoms with van der Waals surface area (Å²) in [5, 5.41) is 20.4. The molecule has 0 heterocycles. The van der Waals surface area contributed by atoms with E-state index in [-0.39, 0.29) is 12.2 Å². The van der Waals surface area contributed by atoms with Crippen molar-refractivity contribution >= 4 is 0 Å². The lowest BCUT2D eigenvalue weighted by Crippen LogP contribution is -2.41. The highest BCUT2D eigenvalue weighted by Gasteiger charge is 2.38. The summed E-state index contributed by atoms with van der Waals surface area (Å²) in [5.41, 5.74) is 0. The van der Waals surface area contributed by atoms with Crippen LogP contribution in [0.3, 0.4) is 0 Å². The van der Waals surface area contributed by atoms with E-state index in [1.807, 2.05) is 0 Å². The van der Waals surface area contributed by atoms with Crippen LogP contribution in [0, 0.1) is 17.8 Å². The molecule has 0 radical (unpaired) electrons. The lowest BCUT2D eigenvalue weighted by atomic mass is 9.67. The van der Waals surface area contributed by atoms with Crippen LogP contribution >= 0.6 is 0 Å². The smallest absolute Gasteiger partial charge is 0.0572 e. The largest absolute Gasteiger partial charge is 0.393 e. The maximum atomic E-state index is 10.2. The minimum Gasteiger partial charge on any atom is -0.393 e. The molecule has 0 aromatic rings. The molecule has 0 aliphatic heterocycles. The first-order chi connectivity index (χ1) is 8.22. The SMILES string of the molecule is CCCC1CCC(O)C(C2CCCCC2O)C1. The number of hydrogen-bond acceptors (Lipinski definition) is 2. The van der Waals surface area contributed by atoms with Crippen LogP contribution in [0.5, 0.6) is 0 Å². The molecule has 100 valence electrons. The fourth-order valence-corrected chi connectivity index (χ4v) is 4.05. The fraction of sp³-hybridized carbons (Fsp3) is 1.00. The van der Waals surface area contributed by atoms with E-state index in [1.165, 1.54) is 32.1 Å². The topological polar surface area (TPSA) is 40.5 Å². The van der Waals surface area contributed by atoms with E-state index in [0.29, 0.717) is 11.8 Å². The molecule has 5 atom stereocenters. The molecule has 2 aliphatic rings. The summed E-state index contributed by atoms with van der Waals surface area (Å²) in [6.07, 6.45) is 10.0. The Morgan fingerprint density at radius 3 is 2.29 bits per heavy atom. The minimum absolute atomic E-state index is 0.149. The van der Waals surface area contributed by atoms with Gasteiger partial charge in [-0.3, -0.25) is 0 Å². The van der Waals surface area contributed by atoms with Gasteiger partial charge in [0.2, 0.25) is 0 Å². The average molecular weight is 240 g/mol. The van der Waals surface area contributed by atoms with Gasteiger partial charge in [-0.05, 0) is 49.9 Å². The molecule has 0 saturated heterocycles. The second-order valence-corrected chi connectivity index (χ2v) is 6.21. The van der Waals surface area contributed by atoms with E-state index < -0.39 is 0 Å². The summed E-state index contributed by atoms with van der Waals surface area (Å²) in [4.78, 5) is 0. The number of hydrogen-bond donors (Lipinski definition) is 2. The van der Waals surface area contributed by atoms with Crippen molar-refractivity contribution in [1.29, 1.82) is 0 Å². The van der Waals surface area contributed by atoms with Crippen LogP contribution in [-0.2, 0) is 0 Å². The molecular weight excluding hydrogens is 212 g/mol. The van der Waals surface area contributed by atoms with Gasteiger partial charge in [0.1, 0.15) is 0 Å². The predicted octanol–water partition coefficient (Wildman–Crippen LogP) is 3.11. The first-order valence-corrected chi connectivity index (χ1v) is 7.58. The van der Waals surface area contributed by atoms with Crippen molar-refractivity contribution in [2.24, 2.45) is 17.8 Å². The van der Waals surface area contributed by atoms with Crippen LogP contribution < -0.4 is 0 Å². The molecule has 0 bridgehead atoms. The zero-order chi connectivity index (χ0) is 12.3. The van der Waals surface area contributed by atoms with Crippen molar-refractivity contribution in [2.45, 2.75) is 76.9 Å². The van der Waals surface area contributed by atoms with E-state index in [4.69, 9.17) is 0 Å². The molecule has 0 aromatic carbocycles. The van der Waals surface area contributed by atoms with Crippen LogP contribution in [0.2, 0.25) is 0 Å². The van der Waals surface area contributed by atoms with Crippen LogP contribution in [0.4, 0.5) is 0 Å². The van der Waals surface area contributed by atoms with Crippen LogP contribution in [0.25, 0.3) is 0 Å². The van der Waals surface area contributed by atoms with Crippen molar-refractivity contribution in [1.82, 2.24) is 0 Å². The van der Waals surface area contributed by atoms with E-state index in [2.05, 4.69) is 6.92 Å². The zero-order valence-corrected chi connectivity index (χ0v) is 11.1. The van der Waals surface area contributed by atoms with Crippen molar-refractivity contribution in [3.63, 3.8) is 0 Å². The van der Waals surface area contributed by atoms with Gasteiger partial charge in [-0.1, -0.05) is 32.6 Å². The lowest BCUT2D eigenvalue weighted by molar-refractivity contribution is -0.0447. The summed E-state index contributed by atoms with van der Waals surface area (Å²) in [6.45, 7) is 2.25. The maximum Gasteiger partial charge on any atom is 0.0572 e. The Bertz CT molecular complexity index is 229. The molecule has 2 nitrogen and oxygen atoms in total. The molecule has 2 aliphatic carbocycles. The van der Waals surface area contributed by atoms with Crippen molar-refractivity contribution in [2.75, 3.05) is 0 Å². The first kappa shape index (κ1) is 13.4. The van der Waals surface area contributed by atoms with Gasteiger partial charge in [-0.2, -0.15) is 0 Å². The Morgan fingerprint density at radius 2 is 1.59 bits per heavy atom. The standard InChI is InChI=1S/C15H28O2/c1-2-5-11-8-9-15(17)13(10-11)12-6-3-4-7-14(12)16/h11-17H,2-10H2,1H3. The number of rotatable bonds is 3. The van der Waals surface area contributed by atoms with Gasteiger partial charge in [-0.15, -0.1) is 0 Å². The zero-order valence-electron chi connectivity index (χ0n) is 11.1. The predicted molar refractivity (Wildman–Crippen MR) is 69.7 cm³/mol. The van der Waals surface area contributed by atoms with Crippen LogP contribution in [0.1, 0.15) is 64.7 Å². The maximum absolute atomic E-state index is 10.2. The van der Waals surface area contributed by atoms with Gasteiger partial charge < -0.3 is 10.2 Å². The van der Waals surface area contributed by atoms with Crippen LogP contribution in [-0.4, -0.2) is 22.4 Å². The monoisotopic (exact) mass is 240 g/mol. The Morgan fingerprint density at radius 1 is 0.882 bits per heavy atom. The first-order valence-electron chi connectivity index (χ1n) is 7.58. The number of aliphatic hydroxyl groups excluding tert-OH is 2. The third-order valence-corrected chi connectivity index (χ3v) is 5.00. The van der Waals surface area contributed by atoms with Gasteiger partial charge in [-0.25, -0.2) is 0 Å². The second kappa shape index (κ2) is 6.19. The Kier molecular flexibility index (Phi) is 4.87. The summed E-state index contributed by atoms with van der Waals surface area (Å²) in [7, 11) is 0. The third kappa shape index (κ3) is 3.23. The summed E-state index contributed by atoms with van der Waals surface area (Å²) in [5.74, 6) is 1.54. The highest BCUT2D eigenvalue weighted by Crippen LogP contribution is 2.41. The van der Waals surface area contributed by atoms with Gasteiger partial charge >= 0.3 is 0 Å². The van der Waals surface area contributed by atoms with Gasteiger partial charge in [0.15, 0.2) is 0 Å². The molecule has 5 unspecified atom stereocenters. The van der Waals surface area contributed by atoms with Crippen molar-refractivity contribution in [3.05, 3.63) is 0 Å². The molecule has 17 heavy (non-hydrogen) atoms. The number of aliphatic hydroxyl groups is 2. The normalized spacial score (nSPS) is 43.6. The van der Waals surface area contributed by atoms with Gasteiger partial charge in [0.05, 0.1) is 12.2 Å². The molecule has 0 spiro atoms. The van der Waals surface area contributed by atoms with Crippen molar-refractivity contribution in [3.8, 4) is 0 Å². The summed E-state index contributed by atoms with van der Waals surface area (Å²) in [6, 6.07) is 0. The van der Waals surface area contributed by atoms with Crippen LogP contribution in [0.15, 0.2) is 0 Å². The molecule has 2 saturated carbocycles. The van der Waals surface area contributed by atoms with E-state index in [0.717, 1.165) is 31.6 Å². The second-order valence-electron chi connectivity index (χ2n) is 6.21. The minimum atomic E-state index is -0.152. The quantitative estimate of drug-likeness (QED) is 0.795. The Labute approximate surface area is 105 Å². The Hall–Kier alpha value is -0.0800. The lowest BCUT2D eigenvalue weighted by Gasteiger charge is -2.41. The van der Waals surface area contributed by atoms with E-state index in [1.54, 1.807) is 0 Å². The molecule has 2 N–H and O–H groups in total. The fourth-order valence-electron chi connectivity index (χ4n) is 4.05. The third-order valence-electron chi connectivity index (χ3n) is 5.00. The van der Waals surface area contributed by atoms with E-state index in [9.17, 15) is 10.2 Å². The Balaban J connectivity index is 1.96. The van der Waals surface area contributed by atoms with Crippen molar-refractivity contribution < 1.29 is 10.2 Å². The van der Waals surface area contributed by atoms with Gasteiger partial charge in [0.25, 0.3) is 0 Å². The molecule has 0 aromatic heterocycles. The van der Waals surface area contributed by atoms with E-state index >= 15 is 0 Å². The average Bonchev–Trinajstić information content (AvgIpc) is 2.33. The highest BCUT2D eigenvalue weighted by atomic mass is 16.3. The summed E-state index contributed by atoms with van der Waals surface area (Å²) >= 11 is 0.